The number of methoxy groups -OCH3 is 1. The van der Waals surface area contributed by atoms with Gasteiger partial charge in [0.25, 0.3) is 0 Å². The highest BCUT2D eigenvalue weighted by atomic mass is 32.1. The standard InChI is InChI=1S/C11H14N4O2S/c1-7-9(10(16)17-3)14-11(18-7)15(2)6-8-4-12-13-5-8/h4-5H,6H2,1-3H3,(H,12,13). The fourth-order valence-electron chi connectivity index (χ4n) is 1.54. The Bertz CT molecular complexity index is 535. The van der Waals surface area contributed by atoms with Crippen molar-refractivity contribution < 1.29 is 9.53 Å². The number of hydrogen-bond donors (Lipinski definition) is 1. The van der Waals surface area contributed by atoms with Crippen LogP contribution in [-0.2, 0) is 11.3 Å². The summed E-state index contributed by atoms with van der Waals surface area (Å²) in [6.07, 6.45) is 3.59. The maximum absolute atomic E-state index is 11.5. The lowest BCUT2D eigenvalue weighted by Crippen LogP contribution is -2.16. The van der Waals surface area contributed by atoms with E-state index in [4.69, 9.17) is 0 Å². The third kappa shape index (κ3) is 2.51. The summed E-state index contributed by atoms with van der Waals surface area (Å²) in [6, 6.07) is 0. The van der Waals surface area contributed by atoms with Gasteiger partial charge in [0.15, 0.2) is 10.8 Å². The first-order valence-electron chi connectivity index (χ1n) is 5.36. The molecule has 7 heteroatoms. The molecule has 1 N–H and O–H groups in total. The first kappa shape index (κ1) is 12.6. The van der Waals surface area contributed by atoms with Gasteiger partial charge in [-0.2, -0.15) is 5.10 Å². The van der Waals surface area contributed by atoms with Crippen molar-refractivity contribution in [1.82, 2.24) is 15.2 Å². The van der Waals surface area contributed by atoms with Crippen LogP contribution in [0, 0.1) is 6.92 Å². The third-order valence-corrected chi connectivity index (χ3v) is 3.55. The van der Waals surface area contributed by atoms with Gasteiger partial charge in [-0.1, -0.05) is 0 Å². The number of aromatic nitrogens is 3. The van der Waals surface area contributed by atoms with Gasteiger partial charge in [-0.15, -0.1) is 11.3 Å². The Kier molecular flexibility index (Phi) is 3.61. The van der Waals surface area contributed by atoms with E-state index < -0.39 is 5.97 Å². The molecular weight excluding hydrogens is 252 g/mol. The van der Waals surface area contributed by atoms with Crippen molar-refractivity contribution in [3.63, 3.8) is 0 Å². The molecule has 2 heterocycles. The van der Waals surface area contributed by atoms with Crippen molar-refractivity contribution in [2.75, 3.05) is 19.1 Å². The van der Waals surface area contributed by atoms with Gasteiger partial charge in [0, 0.05) is 30.2 Å². The largest absolute Gasteiger partial charge is 0.464 e. The number of anilines is 1. The van der Waals surface area contributed by atoms with Gasteiger partial charge in [0.1, 0.15) is 0 Å². The highest BCUT2D eigenvalue weighted by molar-refractivity contribution is 7.15. The average molecular weight is 266 g/mol. The van der Waals surface area contributed by atoms with Crippen LogP contribution in [0.3, 0.4) is 0 Å². The predicted molar refractivity (Wildman–Crippen MR) is 68.9 cm³/mol. The molecule has 0 aromatic carbocycles. The summed E-state index contributed by atoms with van der Waals surface area (Å²) in [5, 5.41) is 7.44. The monoisotopic (exact) mass is 266 g/mol. The topological polar surface area (TPSA) is 71.1 Å². The molecule has 0 saturated carbocycles. The summed E-state index contributed by atoms with van der Waals surface area (Å²) >= 11 is 1.47. The molecule has 0 aliphatic carbocycles. The maximum atomic E-state index is 11.5. The molecule has 0 amide bonds. The highest BCUT2D eigenvalue weighted by Crippen LogP contribution is 2.26. The minimum Gasteiger partial charge on any atom is -0.464 e. The van der Waals surface area contributed by atoms with Gasteiger partial charge in [0.05, 0.1) is 13.3 Å². The summed E-state index contributed by atoms with van der Waals surface area (Å²) in [5.74, 6) is -0.397. The zero-order valence-electron chi connectivity index (χ0n) is 10.4. The van der Waals surface area contributed by atoms with Gasteiger partial charge in [0.2, 0.25) is 0 Å². The van der Waals surface area contributed by atoms with Gasteiger partial charge in [-0.05, 0) is 6.92 Å². The Labute approximate surface area is 109 Å². The van der Waals surface area contributed by atoms with Gasteiger partial charge >= 0.3 is 5.97 Å². The first-order chi connectivity index (χ1) is 8.61. The third-order valence-electron chi connectivity index (χ3n) is 2.47. The number of esters is 1. The molecular formula is C11H14N4O2S. The average Bonchev–Trinajstić information content (AvgIpc) is 2.97. The van der Waals surface area contributed by atoms with E-state index in [-0.39, 0.29) is 0 Å². The fraction of sp³-hybridized carbons (Fsp3) is 0.364. The Morgan fingerprint density at radius 2 is 2.39 bits per heavy atom. The van der Waals surface area contributed by atoms with E-state index >= 15 is 0 Å². The smallest absolute Gasteiger partial charge is 0.357 e. The number of thiazole rings is 1. The van der Waals surface area contributed by atoms with E-state index in [1.807, 2.05) is 25.1 Å². The summed E-state index contributed by atoms with van der Waals surface area (Å²) in [4.78, 5) is 18.6. The number of hydrogen-bond acceptors (Lipinski definition) is 6. The molecule has 96 valence electrons. The normalized spacial score (nSPS) is 10.4. The van der Waals surface area contributed by atoms with Crippen molar-refractivity contribution in [1.29, 1.82) is 0 Å². The number of carbonyl (C=O) groups is 1. The second kappa shape index (κ2) is 5.18. The lowest BCUT2D eigenvalue weighted by atomic mass is 10.3. The lowest BCUT2D eigenvalue weighted by molar-refractivity contribution is 0.0594. The maximum Gasteiger partial charge on any atom is 0.357 e. The molecule has 0 unspecified atom stereocenters. The predicted octanol–water partition coefficient (Wildman–Crippen LogP) is 1.60. The zero-order chi connectivity index (χ0) is 13.1. The molecule has 2 rings (SSSR count). The summed E-state index contributed by atoms with van der Waals surface area (Å²) in [6.45, 7) is 2.54. The van der Waals surface area contributed by atoms with Crippen LogP contribution < -0.4 is 4.90 Å². The quantitative estimate of drug-likeness (QED) is 0.851. The van der Waals surface area contributed by atoms with Crippen LogP contribution in [0.1, 0.15) is 20.9 Å². The molecule has 0 radical (unpaired) electrons. The number of ether oxygens (including phenoxy) is 1. The second-order valence-electron chi connectivity index (χ2n) is 3.86. The minimum atomic E-state index is -0.397. The number of nitrogens with zero attached hydrogens (tertiary/aromatic N) is 3. The van der Waals surface area contributed by atoms with Crippen LogP contribution in [0.5, 0.6) is 0 Å². The number of rotatable bonds is 4. The molecule has 6 nitrogen and oxygen atoms in total. The van der Waals surface area contributed by atoms with Crippen LogP contribution in [0.4, 0.5) is 5.13 Å². The molecule has 0 aliphatic rings. The van der Waals surface area contributed by atoms with Crippen molar-refractivity contribution in [2.45, 2.75) is 13.5 Å². The number of aromatic amines is 1. The molecule has 18 heavy (non-hydrogen) atoms. The first-order valence-corrected chi connectivity index (χ1v) is 6.18. The minimum absolute atomic E-state index is 0.386. The number of aryl methyl sites for hydroxylation is 1. The molecule has 0 aliphatic heterocycles. The van der Waals surface area contributed by atoms with Crippen molar-refractivity contribution >= 4 is 22.4 Å². The summed E-state index contributed by atoms with van der Waals surface area (Å²) < 4.78 is 4.69. The summed E-state index contributed by atoms with van der Waals surface area (Å²) in [7, 11) is 3.28. The van der Waals surface area contributed by atoms with Crippen LogP contribution in [0.2, 0.25) is 0 Å². The van der Waals surface area contributed by atoms with E-state index in [1.165, 1.54) is 18.4 Å². The molecule has 2 aromatic heterocycles. The van der Waals surface area contributed by atoms with Gasteiger partial charge in [-0.25, -0.2) is 9.78 Å². The van der Waals surface area contributed by atoms with Crippen molar-refractivity contribution in [2.24, 2.45) is 0 Å². The molecule has 0 atom stereocenters. The van der Waals surface area contributed by atoms with E-state index in [1.54, 1.807) is 6.20 Å². The molecule has 2 aromatic rings. The summed E-state index contributed by atoms with van der Waals surface area (Å²) in [5.41, 5.74) is 1.45. The van der Waals surface area contributed by atoms with E-state index in [9.17, 15) is 4.79 Å². The number of nitrogens with one attached hydrogen (secondary N) is 1. The van der Waals surface area contributed by atoms with E-state index in [0.29, 0.717) is 12.2 Å². The SMILES string of the molecule is COC(=O)c1nc(N(C)Cc2cn[nH]c2)sc1C. The molecule has 0 spiro atoms. The van der Waals surface area contributed by atoms with E-state index in [2.05, 4.69) is 19.9 Å². The van der Waals surface area contributed by atoms with Crippen LogP contribution >= 0.6 is 11.3 Å². The molecule has 0 saturated heterocycles. The lowest BCUT2D eigenvalue weighted by Gasteiger charge is -2.13. The zero-order valence-corrected chi connectivity index (χ0v) is 11.2. The second-order valence-corrected chi connectivity index (χ2v) is 5.04. The van der Waals surface area contributed by atoms with Crippen LogP contribution in [0.25, 0.3) is 0 Å². The van der Waals surface area contributed by atoms with Crippen molar-refractivity contribution in [3.05, 3.63) is 28.5 Å². The Balaban J connectivity index is 2.16. The van der Waals surface area contributed by atoms with Crippen molar-refractivity contribution in [3.8, 4) is 0 Å². The Morgan fingerprint density at radius 3 is 3.00 bits per heavy atom. The highest BCUT2D eigenvalue weighted by Gasteiger charge is 2.17. The van der Waals surface area contributed by atoms with Crippen LogP contribution in [0.15, 0.2) is 12.4 Å². The van der Waals surface area contributed by atoms with Gasteiger partial charge in [-0.3, -0.25) is 5.10 Å². The number of H-pyrrole nitrogens is 1. The number of carbonyl (C=O) groups excluding carboxylic acids is 1. The Hall–Kier alpha value is -1.89. The van der Waals surface area contributed by atoms with Crippen LogP contribution in [-0.4, -0.2) is 35.3 Å². The van der Waals surface area contributed by atoms with E-state index in [0.717, 1.165) is 15.6 Å². The Morgan fingerprint density at radius 1 is 1.61 bits per heavy atom. The fourth-order valence-corrected chi connectivity index (χ4v) is 2.39. The molecule has 0 fully saturated rings. The molecule has 0 bridgehead atoms. The van der Waals surface area contributed by atoms with Gasteiger partial charge < -0.3 is 9.64 Å².